The third-order valence-electron chi connectivity index (χ3n) is 4.49. The number of rotatable bonds is 0. The molecule has 1 aromatic carbocycles. The zero-order chi connectivity index (χ0) is 11.2. The SMILES string of the molecule is c1ccc2c3c([nH]c2c1)CCN1CCC[C@@H]1C3. The van der Waals surface area contributed by atoms with E-state index in [0.29, 0.717) is 0 Å². The van der Waals surface area contributed by atoms with E-state index in [1.54, 1.807) is 5.56 Å². The largest absolute Gasteiger partial charge is 0.358 e. The van der Waals surface area contributed by atoms with Gasteiger partial charge in [-0.2, -0.15) is 0 Å². The monoisotopic (exact) mass is 226 g/mol. The predicted molar refractivity (Wildman–Crippen MR) is 70.3 cm³/mol. The molecule has 88 valence electrons. The van der Waals surface area contributed by atoms with Gasteiger partial charge in [0.1, 0.15) is 0 Å². The quantitative estimate of drug-likeness (QED) is 0.732. The Morgan fingerprint density at radius 2 is 2.12 bits per heavy atom. The van der Waals surface area contributed by atoms with E-state index in [1.807, 2.05) is 0 Å². The number of hydrogen-bond acceptors (Lipinski definition) is 1. The van der Waals surface area contributed by atoms with Gasteiger partial charge in [-0.1, -0.05) is 18.2 Å². The van der Waals surface area contributed by atoms with E-state index in [-0.39, 0.29) is 0 Å². The van der Waals surface area contributed by atoms with E-state index in [4.69, 9.17) is 0 Å². The lowest BCUT2D eigenvalue weighted by Crippen LogP contribution is -2.30. The molecule has 0 radical (unpaired) electrons. The van der Waals surface area contributed by atoms with Crippen LogP contribution in [0.15, 0.2) is 24.3 Å². The van der Waals surface area contributed by atoms with Gasteiger partial charge in [0.05, 0.1) is 0 Å². The van der Waals surface area contributed by atoms with Crippen molar-refractivity contribution in [1.29, 1.82) is 0 Å². The van der Waals surface area contributed by atoms with Gasteiger partial charge in [-0.05, 0) is 37.4 Å². The van der Waals surface area contributed by atoms with Crippen molar-refractivity contribution in [1.82, 2.24) is 9.88 Å². The Labute approximate surface area is 102 Å². The molecule has 0 saturated carbocycles. The lowest BCUT2D eigenvalue weighted by Gasteiger charge is -2.20. The molecule has 2 aliphatic heterocycles. The second-order valence-corrected chi connectivity index (χ2v) is 5.41. The van der Waals surface area contributed by atoms with Crippen LogP contribution in [0.4, 0.5) is 0 Å². The van der Waals surface area contributed by atoms with E-state index >= 15 is 0 Å². The van der Waals surface area contributed by atoms with Gasteiger partial charge < -0.3 is 4.98 Å². The van der Waals surface area contributed by atoms with E-state index < -0.39 is 0 Å². The minimum atomic E-state index is 0.801. The summed E-state index contributed by atoms with van der Waals surface area (Å²) in [7, 11) is 0. The smallest absolute Gasteiger partial charge is 0.0458 e. The molecule has 0 aliphatic carbocycles. The van der Waals surface area contributed by atoms with Crippen molar-refractivity contribution in [2.75, 3.05) is 13.1 Å². The number of hydrogen-bond donors (Lipinski definition) is 1. The van der Waals surface area contributed by atoms with E-state index in [2.05, 4.69) is 34.1 Å². The lowest BCUT2D eigenvalue weighted by molar-refractivity contribution is 0.263. The Bertz CT molecular complexity index is 555. The molecule has 2 aromatic rings. The summed E-state index contributed by atoms with van der Waals surface area (Å²) in [5.41, 5.74) is 4.40. The first-order valence-corrected chi connectivity index (χ1v) is 6.74. The normalized spacial score (nSPS) is 24.6. The van der Waals surface area contributed by atoms with E-state index in [1.165, 1.54) is 55.4 Å². The maximum Gasteiger partial charge on any atom is 0.0458 e. The fraction of sp³-hybridized carbons (Fsp3) is 0.467. The summed E-state index contributed by atoms with van der Waals surface area (Å²) in [6, 6.07) is 9.56. The third-order valence-corrected chi connectivity index (χ3v) is 4.49. The van der Waals surface area contributed by atoms with Gasteiger partial charge in [0.2, 0.25) is 0 Å². The van der Waals surface area contributed by atoms with Gasteiger partial charge in [0, 0.05) is 35.6 Å². The number of fused-ring (bicyclic) bond motifs is 4. The Morgan fingerprint density at radius 3 is 3.12 bits per heavy atom. The summed E-state index contributed by atoms with van der Waals surface area (Å²) in [6.07, 6.45) is 5.22. The Kier molecular flexibility index (Phi) is 2.06. The predicted octanol–water partition coefficient (Wildman–Crippen LogP) is 2.73. The van der Waals surface area contributed by atoms with E-state index in [9.17, 15) is 0 Å². The highest BCUT2D eigenvalue weighted by Crippen LogP contribution is 2.31. The highest BCUT2D eigenvalue weighted by atomic mass is 15.2. The fourth-order valence-corrected chi connectivity index (χ4v) is 3.61. The first-order chi connectivity index (χ1) is 8.42. The minimum Gasteiger partial charge on any atom is -0.358 e. The van der Waals surface area contributed by atoms with Crippen LogP contribution in [0, 0.1) is 0 Å². The summed E-state index contributed by atoms with van der Waals surface area (Å²) < 4.78 is 0. The van der Waals surface area contributed by atoms with Crippen molar-refractivity contribution in [3.63, 3.8) is 0 Å². The number of para-hydroxylation sites is 1. The van der Waals surface area contributed by atoms with Crippen LogP contribution in [0.5, 0.6) is 0 Å². The summed E-state index contributed by atoms with van der Waals surface area (Å²) >= 11 is 0. The molecule has 1 saturated heterocycles. The van der Waals surface area contributed by atoms with Crippen LogP contribution in [-0.2, 0) is 12.8 Å². The van der Waals surface area contributed by atoms with Gasteiger partial charge in [-0.3, -0.25) is 4.90 Å². The molecule has 2 nitrogen and oxygen atoms in total. The summed E-state index contributed by atoms with van der Waals surface area (Å²) in [6.45, 7) is 2.55. The third kappa shape index (κ3) is 1.44. The molecule has 0 bridgehead atoms. The van der Waals surface area contributed by atoms with Crippen molar-refractivity contribution < 1.29 is 0 Å². The molecule has 4 rings (SSSR count). The van der Waals surface area contributed by atoms with Crippen LogP contribution < -0.4 is 0 Å². The maximum atomic E-state index is 3.62. The van der Waals surface area contributed by atoms with Crippen LogP contribution >= 0.6 is 0 Å². The summed E-state index contributed by atoms with van der Waals surface area (Å²) in [4.78, 5) is 6.30. The molecule has 1 N–H and O–H groups in total. The molecule has 3 heterocycles. The average Bonchev–Trinajstić information content (AvgIpc) is 2.90. The van der Waals surface area contributed by atoms with Crippen LogP contribution in [0.1, 0.15) is 24.1 Å². The Balaban J connectivity index is 1.84. The number of benzene rings is 1. The van der Waals surface area contributed by atoms with Gasteiger partial charge in [0.15, 0.2) is 0 Å². The topological polar surface area (TPSA) is 19.0 Å². The van der Waals surface area contributed by atoms with Crippen molar-refractivity contribution in [3.8, 4) is 0 Å². The van der Waals surface area contributed by atoms with E-state index in [0.717, 1.165) is 6.04 Å². The average molecular weight is 226 g/mol. The van der Waals surface area contributed by atoms with Crippen molar-refractivity contribution in [2.45, 2.75) is 31.7 Å². The maximum absolute atomic E-state index is 3.62. The van der Waals surface area contributed by atoms with Gasteiger partial charge >= 0.3 is 0 Å². The Morgan fingerprint density at radius 1 is 1.18 bits per heavy atom. The fourth-order valence-electron chi connectivity index (χ4n) is 3.61. The van der Waals surface area contributed by atoms with Gasteiger partial charge in [-0.15, -0.1) is 0 Å². The van der Waals surface area contributed by atoms with Crippen LogP contribution in [0.3, 0.4) is 0 Å². The molecule has 1 atom stereocenters. The van der Waals surface area contributed by atoms with Crippen molar-refractivity contribution >= 4 is 10.9 Å². The number of nitrogens with zero attached hydrogens (tertiary/aromatic N) is 1. The number of H-pyrrole nitrogens is 1. The molecule has 0 unspecified atom stereocenters. The van der Waals surface area contributed by atoms with Crippen LogP contribution in [0.2, 0.25) is 0 Å². The molecule has 1 fully saturated rings. The molecule has 0 amide bonds. The van der Waals surface area contributed by atoms with Crippen molar-refractivity contribution in [2.24, 2.45) is 0 Å². The molecule has 1 aromatic heterocycles. The standard InChI is InChI=1S/C15H18N2/c1-2-6-14-12(5-1)13-10-11-4-3-8-17(11)9-7-15(13)16-14/h1-2,5-6,11,16H,3-4,7-10H2/t11-/m1/s1. The molecular formula is C15H18N2. The number of aromatic amines is 1. The highest BCUT2D eigenvalue weighted by molar-refractivity contribution is 5.84. The molecular weight excluding hydrogens is 208 g/mol. The highest BCUT2D eigenvalue weighted by Gasteiger charge is 2.29. The minimum absolute atomic E-state index is 0.801. The molecule has 17 heavy (non-hydrogen) atoms. The Hall–Kier alpha value is -1.28. The molecule has 2 aliphatic rings. The molecule has 0 spiro atoms. The van der Waals surface area contributed by atoms with Crippen LogP contribution in [0.25, 0.3) is 10.9 Å². The zero-order valence-electron chi connectivity index (χ0n) is 10.1. The summed E-state index contributed by atoms with van der Waals surface area (Å²) in [5, 5.41) is 1.45. The number of aromatic nitrogens is 1. The first-order valence-electron chi connectivity index (χ1n) is 6.74. The number of nitrogens with one attached hydrogen (secondary N) is 1. The molecule has 2 heteroatoms. The van der Waals surface area contributed by atoms with Crippen LogP contribution in [-0.4, -0.2) is 29.0 Å². The second-order valence-electron chi connectivity index (χ2n) is 5.41. The summed E-state index contributed by atoms with van der Waals surface area (Å²) in [5.74, 6) is 0. The second kappa shape index (κ2) is 3.61. The lowest BCUT2D eigenvalue weighted by atomic mass is 10.0. The van der Waals surface area contributed by atoms with Gasteiger partial charge in [-0.25, -0.2) is 0 Å². The first kappa shape index (κ1) is 9.72. The zero-order valence-corrected chi connectivity index (χ0v) is 10.1. The van der Waals surface area contributed by atoms with Crippen molar-refractivity contribution in [3.05, 3.63) is 35.5 Å². The van der Waals surface area contributed by atoms with Gasteiger partial charge in [0.25, 0.3) is 0 Å².